The Balaban J connectivity index is 1.85. The molecule has 3 rings (SSSR count). The molecule has 3 heterocycles. The Kier molecular flexibility index (Phi) is 3.08. The maximum absolute atomic E-state index is 12.4. The number of nitrogens with zero attached hydrogens (tertiary/aromatic N) is 5. The van der Waals surface area contributed by atoms with Crippen LogP contribution >= 0.6 is 0 Å². The lowest BCUT2D eigenvalue weighted by atomic mass is 10.2. The van der Waals surface area contributed by atoms with Crippen molar-refractivity contribution in [2.75, 3.05) is 33.2 Å². The smallest absolute Gasteiger partial charge is 0.255 e. The Morgan fingerprint density at radius 1 is 1.11 bits per heavy atom. The monoisotopic (exact) mass is 257 g/mol. The van der Waals surface area contributed by atoms with Crippen molar-refractivity contribution in [2.24, 2.45) is 0 Å². The highest BCUT2D eigenvalue weighted by molar-refractivity contribution is 5.96. The van der Waals surface area contributed by atoms with Gasteiger partial charge in [-0.3, -0.25) is 9.78 Å². The van der Waals surface area contributed by atoms with Crippen molar-refractivity contribution in [1.82, 2.24) is 24.8 Å². The minimum atomic E-state index is 0.0214. The number of carbonyl (C=O) groups excluding carboxylic acids is 1. The first-order valence-corrected chi connectivity index (χ1v) is 6.28. The number of rotatable bonds is 1. The maximum atomic E-state index is 12.4. The molecule has 0 unspecified atom stereocenters. The van der Waals surface area contributed by atoms with E-state index in [4.69, 9.17) is 0 Å². The third-order valence-corrected chi connectivity index (χ3v) is 3.36. The summed E-state index contributed by atoms with van der Waals surface area (Å²) in [5.41, 5.74) is 1.80. The van der Waals surface area contributed by atoms with Gasteiger partial charge >= 0.3 is 0 Å². The first-order chi connectivity index (χ1) is 9.24. The molecule has 2 aromatic heterocycles. The second kappa shape index (κ2) is 4.89. The third kappa shape index (κ3) is 2.39. The number of piperazine rings is 1. The minimum absolute atomic E-state index is 0.0214. The Morgan fingerprint density at radius 3 is 2.63 bits per heavy atom. The number of carbonyl (C=O) groups is 1. The van der Waals surface area contributed by atoms with Crippen molar-refractivity contribution in [1.29, 1.82) is 0 Å². The molecule has 6 heteroatoms. The lowest BCUT2D eigenvalue weighted by molar-refractivity contribution is 0.0664. The molecule has 0 bridgehead atoms. The lowest BCUT2D eigenvalue weighted by Gasteiger charge is -2.32. The quantitative estimate of drug-likeness (QED) is 0.740. The molecular weight excluding hydrogens is 242 g/mol. The zero-order chi connectivity index (χ0) is 13.2. The van der Waals surface area contributed by atoms with Gasteiger partial charge in [-0.25, -0.2) is 9.97 Å². The Hall–Kier alpha value is -2.08. The molecule has 0 atom stereocenters. The van der Waals surface area contributed by atoms with Crippen LogP contribution in [0.4, 0.5) is 0 Å². The molecule has 0 saturated carbocycles. The topological polar surface area (TPSA) is 62.2 Å². The highest BCUT2D eigenvalue weighted by atomic mass is 16.2. The summed E-state index contributed by atoms with van der Waals surface area (Å²) in [6, 6.07) is 1.76. The molecule has 0 spiro atoms. The minimum Gasteiger partial charge on any atom is -0.336 e. The number of aromatic nitrogens is 3. The molecule has 2 aromatic rings. The molecule has 19 heavy (non-hydrogen) atoms. The number of fused-ring (bicyclic) bond motifs is 1. The summed E-state index contributed by atoms with van der Waals surface area (Å²) in [6.45, 7) is 3.33. The molecule has 0 radical (unpaired) electrons. The highest BCUT2D eigenvalue weighted by Crippen LogP contribution is 2.11. The van der Waals surface area contributed by atoms with E-state index in [-0.39, 0.29) is 5.91 Å². The molecule has 1 aliphatic heterocycles. The van der Waals surface area contributed by atoms with Crippen LogP contribution in [-0.4, -0.2) is 63.9 Å². The van der Waals surface area contributed by atoms with Gasteiger partial charge in [-0.05, 0) is 13.1 Å². The molecule has 1 fully saturated rings. The summed E-state index contributed by atoms with van der Waals surface area (Å²) < 4.78 is 0. The summed E-state index contributed by atoms with van der Waals surface area (Å²) in [6.07, 6.45) is 4.78. The molecule has 0 aliphatic carbocycles. The largest absolute Gasteiger partial charge is 0.336 e. The molecule has 98 valence electrons. The average Bonchev–Trinajstić information content (AvgIpc) is 2.47. The standard InChI is InChI=1S/C13H15N5O/c1-17-4-6-18(7-5-17)13(19)10-8-11-12(16-9-10)15-3-2-14-11/h2-3,8-9H,4-7H2,1H3. The fourth-order valence-corrected chi connectivity index (χ4v) is 2.17. The molecule has 0 N–H and O–H groups in total. The maximum Gasteiger partial charge on any atom is 0.255 e. The Morgan fingerprint density at radius 2 is 1.84 bits per heavy atom. The zero-order valence-corrected chi connectivity index (χ0v) is 10.8. The van der Waals surface area contributed by atoms with Crippen LogP contribution in [-0.2, 0) is 0 Å². The predicted molar refractivity (Wildman–Crippen MR) is 70.7 cm³/mol. The predicted octanol–water partition coefficient (Wildman–Crippen LogP) is 0.412. The van der Waals surface area contributed by atoms with E-state index in [1.807, 2.05) is 4.90 Å². The van der Waals surface area contributed by atoms with Crippen LogP contribution in [0.3, 0.4) is 0 Å². The third-order valence-electron chi connectivity index (χ3n) is 3.36. The number of amides is 1. The molecule has 1 saturated heterocycles. The van der Waals surface area contributed by atoms with E-state index in [9.17, 15) is 4.79 Å². The fraction of sp³-hybridized carbons (Fsp3) is 0.385. The zero-order valence-electron chi connectivity index (χ0n) is 10.8. The van der Waals surface area contributed by atoms with Crippen molar-refractivity contribution in [2.45, 2.75) is 0 Å². The molecule has 0 aromatic carbocycles. The summed E-state index contributed by atoms with van der Waals surface area (Å²) in [7, 11) is 2.06. The second-order valence-electron chi connectivity index (χ2n) is 4.72. The second-order valence-corrected chi connectivity index (χ2v) is 4.72. The van der Waals surface area contributed by atoms with E-state index in [1.54, 1.807) is 24.7 Å². The van der Waals surface area contributed by atoms with Gasteiger partial charge in [0.25, 0.3) is 5.91 Å². The fourth-order valence-electron chi connectivity index (χ4n) is 2.17. The lowest BCUT2D eigenvalue weighted by Crippen LogP contribution is -2.47. The van der Waals surface area contributed by atoms with Crippen LogP contribution in [0.15, 0.2) is 24.7 Å². The van der Waals surface area contributed by atoms with Crippen molar-refractivity contribution >= 4 is 17.1 Å². The number of hydrogen-bond donors (Lipinski definition) is 0. The van der Waals surface area contributed by atoms with Crippen molar-refractivity contribution in [3.8, 4) is 0 Å². The van der Waals surface area contributed by atoms with Crippen LogP contribution < -0.4 is 0 Å². The van der Waals surface area contributed by atoms with Gasteiger partial charge in [0, 0.05) is 44.8 Å². The number of pyridine rings is 1. The van der Waals surface area contributed by atoms with Crippen LogP contribution in [0.25, 0.3) is 11.2 Å². The van der Waals surface area contributed by atoms with E-state index in [0.717, 1.165) is 26.2 Å². The first kappa shape index (κ1) is 12.0. The van der Waals surface area contributed by atoms with Crippen LogP contribution in [0.2, 0.25) is 0 Å². The summed E-state index contributed by atoms with van der Waals surface area (Å²) >= 11 is 0. The normalized spacial score (nSPS) is 16.8. The van der Waals surface area contributed by atoms with E-state index in [1.165, 1.54) is 0 Å². The van der Waals surface area contributed by atoms with Gasteiger partial charge in [0.1, 0.15) is 5.52 Å². The Labute approximate surface area is 111 Å². The van der Waals surface area contributed by atoms with Gasteiger partial charge in [0.15, 0.2) is 5.65 Å². The van der Waals surface area contributed by atoms with Gasteiger partial charge in [0.2, 0.25) is 0 Å². The van der Waals surface area contributed by atoms with Crippen LogP contribution in [0.5, 0.6) is 0 Å². The van der Waals surface area contributed by atoms with Crippen molar-refractivity contribution in [3.63, 3.8) is 0 Å². The number of likely N-dealkylation sites (N-methyl/N-ethyl adjacent to an activating group) is 1. The van der Waals surface area contributed by atoms with E-state index in [0.29, 0.717) is 16.7 Å². The average molecular weight is 257 g/mol. The summed E-state index contributed by atoms with van der Waals surface area (Å²) in [5.74, 6) is 0.0214. The van der Waals surface area contributed by atoms with E-state index >= 15 is 0 Å². The van der Waals surface area contributed by atoms with Gasteiger partial charge in [-0.1, -0.05) is 0 Å². The van der Waals surface area contributed by atoms with Gasteiger partial charge < -0.3 is 9.80 Å². The van der Waals surface area contributed by atoms with Crippen LogP contribution in [0.1, 0.15) is 10.4 Å². The molecular formula is C13H15N5O. The van der Waals surface area contributed by atoms with Gasteiger partial charge in [-0.15, -0.1) is 0 Å². The Bertz CT molecular complexity index is 607. The van der Waals surface area contributed by atoms with Gasteiger partial charge in [0.05, 0.1) is 5.56 Å². The summed E-state index contributed by atoms with van der Waals surface area (Å²) in [5, 5.41) is 0. The molecule has 6 nitrogen and oxygen atoms in total. The first-order valence-electron chi connectivity index (χ1n) is 6.28. The highest BCUT2D eigenvalue weighted by Gasteiger charge is 2.20. The van der Waals surface area contributed by atoms with Gasteiger partial charge in [-0.2, -0.15) is 0 Å². The van der Waals surface area contributed by atoms with E-state index < -0.39 is 0 Å². The molecule has 1 amide bonds. The number of hydrogen-bond acceptors (Lipinski definition) is 5. The van der Waals surface area contributed by atoms with Crippen molar-refractivity contribution in [3.05, 3.63) is 30.2 Å². The molecule has 1 aliphatic rings. The van der Waals surface area contributed by atoms with E-state index in [2.05, 4.69) is 26.9 Å². The van der Waals surface area contributed by atoms with Crippen LogP contribution in [0, 0.1) is 0 Å². The SMILES string of the molecule is CN1CCN(C(=O)c2cnc3nccnc3c2)CC1. The summed E-state index contributed by atoms with van der Waals surface area (Å²) in [4.78, 5) is 28.9. The van der Waals surface area contributed by atoms with Crippen molar-refractivity contribution < 1.29 is 4.79 Å².